The van der Waals surface area contributed by atoms with Gasteiger partial charge in [0.15, 0.2) is 5.65 Å². The molecule has 2 amide bonds. The van der Waals surface area contributed by atoms with E-state index in [1.165, 1.54) is 23.0 Å². The number of nitrogens with two attached hydrogens (primary N) is 1. The van der Waals surface area contributed by atoms with Gasteiger partial charge < -0.3 is 20.8 Å². The van der Waals surface area contributed by atoms with E-state index in [9.17, 15) is 9.59 Å². The molecule has 0 radical (unpaired) electrons. The third-order valence-electron chi connectivity index (χ3n) is 4.36. The molecule has 28 heavy (non-hydrogen) atoms. The third kappa shape index (κ3) is 2.90. The average molecular weight is 379 g/mol. The van der Waals surface area contributed by atoms with Gasteiger partial charge in [-0.3, -0.25) is 9.59 Å². The quantitative estimate of drug-likeness (QED) is 0.476. The van der Waals surface area contributed by atoms with Crippen molar-refractivity contribution in [1.29, 1.82) is 0 Å². The predicted molar refractivity (Wildman–Crippen MR) is 100 cm³/mol. The van der Waals surface area contributed by atoms with Crippen molar-refractivity contribution in [1.82, 2.24) is 29.9 Å². The molecule has 10 heteroatoms. The number of rotatable bonds is 5. The first-order valence-corrected chi connectivity index (χ1v) is 8.45. The van der Waals surface area contributed by atoms with Crippen LogP contribution in [0.5, 0.6) is 5.75 Å². The molecule has 0 aliphatic rings. The van der Waals surface area contributed by atoms with Crippen LogP contribution in [0, 0.1) is 0 Å². The van der Waals surface area contributed by atoms with Crippen LogP contribution in [0.15, 0.2) is 36.7 Å². The van der Waals surface area contributed by atoms with Crippen molar-refractivity contribution in [2.45, 2.75) is 13.0 Å². The van der Waals surface area contributed by atoms with E-state index in [4.69, 9.17) is 10.5 Å². The summed E-state index contributed by atoms with van der Waals surface area (Å²) in [6.07, 6.45) is 2.72. The standard InChI is InChI=1S/C18H17N7O3/c1-9(16-23-12-4-3-10(28-2)7-13(12)24-16)22-18(27)14-5-6-20-17-11(15(19)26)8-21-25(14)17/h3-9H,1-2H3,(H2,19,26)(H,22,27)(H,23,24). The number of hydrogen-bond acceptors (Lipinski definition) is 6. The van der Waals surface area contributed by atoms with Crippen LogP contribution in [0.4, 0.5) is 0 Å². The monoisotopic (exact) mass is 379 g/mol. The number of imidazole rings is 1. The number of nitrogens with zero attached hydrogens (tertiary/aromatic N) is 4. The zero-order valence-corrected chi connectivity index (χ0v) is 15.1. The van der Waals surface area contributed by atoms with Gasteiger partial charge in [0.25, 0.3) is 11.8 Å². The topological polar surface area (TPSA) is 140 Å². The summed E-state index contributed by atoms with van der Waals surface area (Å²) < 4.78 is 6.49. The van der Waals surface area contributed by atoms with Crippen LogP contribution in [0.25, 0.3) is 16.7 Å². The average Bonchev–Trinajstić information content (AvgIpc) is 3.31. The molecule has 0 bridgehead atoms. The molecule has 0 spiro atoms. The van der Waals surface area contributed by atoms with Crippen LogP contribution >= 0.6 is 0 Å². The van der Waals surface area contributed by atoms with Crippen molar-refractivity contribution in [3.8, 4) is 5.75 Å². The van der Waals surface area contributed by atoms with Crippen molar-refractivity contribution < 1.29 is 14.3 Å². The predicted octanol–water partition coefficient (Wildman–Crippen LogP) is 1.20. The Labute approximate surface area is 158 Å². The molecule has 1 aromatic carbocycles. The van der Waals surface area contributed by atoms with Gasteiger partial charge in [-0.05, 0) is 25.1 Å². The number of methoxy groups -OCH3 is 1. The highest BCUT2D eigenvalue weighted by molar-refractivity contribution is 5.99. The molecule has 0 saturated carbocycles. The Morgan fingerprint density at radius 2 is 2.14 bits per heavy atom. The number of ether oxygens (including phenoxy) is 1. The summed E-state index contributed by atoms with van der Waals surface area (Å²) in [4.78, 5) is 36.0. The highest BCUT2D eigenvalue weighted by Gasteiger charge is 2.20. The number of carbonyl (C=O) groups is 2. The molecule has 10 nitrogen and oxygen atoms in total. The van der Waals surface area contributed by atoms with Crippen molar-refractivity contribution >= 4 is 28.5 Å². The zero-order valence-electron chi connectivity index (χ0n) is 15.1. The first kappa shape index (κ1) is 17.5. The van der Waals surface area contributed by atoms with Gasteiger partial charge in [-0.1, -0.05) is 0 Å². The molecule has 0 fully saturated rings. The molecule has 0 aliphatic heterocycles. The molecule has 0 aliphatic carbocycles. The molecule has 1 atom stereocenters. The fourth-order valence-corrected chi connectivity index (χ4v) is 2.92. The molecule has 4 rings (SSSR count). The fourth-order valence-electron chi connectivity index (χ4n) is 2.92. The number of H-pyrrole nitrogens is 1. The maximum atomic E-state index is 12.8. The summed E-state index contributed by atoms with van der Waals surface area (Å²) in [5.74, 6) is 0.255. The van der Waals surface area contributed by atoms with Gasteiger partial charge >= 0.3 is 0 Å². The van der Waals surface area contributed by atoms with Crippen LogP contribution in [-0.4, -0.2) is 43.5 Å². The van der Waals surface area contributed by atoms with Crippen LogP contribution in [0.2, 0.25) is 0 Å². The van der Waals surface area contributed by atoms with E-state index < -0.39 is 17.9 Å². The maximum Gasteiger partial charge on any atom is 0.270 e. The highest BCUT2D eigenvalue weighted by atomic mass is 16.5. The minimum atomic E-state index is -0.661. The second-order valence-electron chi connectivity index (χ2n) is 6.19. The summed E-state index contributed by atoms with van der Waals surface area (Å²) in [5, 5.41) is 6.91. The molecule has 1 unspecified atom stereocenters. The number of aromatic nitrogens is 5. The maximum absolute atomic E-state index is 12.8. The zero-order chi connectivity index (χ0) is 19.8. The van der Waals surface area contributed by atoms with Crippen molar-refractivity contribution in [3.05, 3.63) is 53.7 Å². The van der Waals surface area contributed by atoms with Gasteiger partial charge in [0.2, 0.25) is 0 Å². The van der Waals surface area contributed by atoms with Gasteiger partial charge in [0, 0.05) is 12.3 Å². The second kappa shape index (κ2) is 6.65. The third-order valence-corrected chi connectivity index (χ3v) is 4.36. The first-order valence-electron chi connectivity index (χ1n) is 8.45. The lowest BCUT2D eigenvalue weighted by Gasteiger charge is -2.12. The number of aromatic amines is 1. The van der Waals surface area contributed by atoms with E-state index in [1.54, 1.807) is 7.11 Å². The molecule has 3 aromatic heterocycles. The Bertz CT molecular complexity index is 1210. The Balaban J connectivity index is 1.61. The Morgan fingerprint density at radius 3 is 2.89 bits per heavy atom. The Kier molecular flexibility index (Phi) is 4.15. The molecular formula is C18H17N7O3. The number of benzene rings is 1. The van der Waals surface area contributed by atoms with Gasteiger partial charge in [0.1, 0.15) is 22.8 Å². The SMILES string of the molecule is COc1ccc2nc(C(C)NC(=O)c3ccnc4c(C(N)=O)cnn34)[nH]c2c1. The van der Waals surface area contributed by atoms with Crippen molar-refractivity contribution in [2.75, 3.05) is 7.11 Å². The van der Waals surface area contributed by atoms with Gasteiger partial charge in [-0.2, -0.15) is 5.10 Å². The van der Waals surface area contributed by atoms with E-state index in [1.807, 2.05) is 25.1 Å². The molecule has 142 valence electrons. The molecular weight excluding hydrogens is 362 g/mol. The lowest BCUT2D eigenvalue weighted by molar-refractivity contribution is 0.0929. The van der Waals surface area contributed by atoms with Crippen LogP contribution in [0.1, 0.15) is 39.6 Å². The van der Waals surface area contributed by atoms with Crippen LogP contribution < -0.4 is 15.8 Å². The summed E-state index contributed by atoms with van der Waals surface area (Å²) in [6.45, 7) is 1.81. The Hall–Kier alpha value is -3.95. The largest absolute Gasteiger partial charge is 0.497 e. The number of fused-ring (bicyclic) bond motifs is 2. The van der Waals surface area contributed by atoms with Crippen LogP contribution in [0.3, 0.4) is 0 Å². The van der Waals surface area contributed by atoms with E-state index in [2.05, 4.69) is 25.4 Å². The van der Waals surface area contributed by atoms with Gasteiger partial charge in [0.05, 0.1) is 30.4 Å². The van der Waals surface area contributed by atoms with E-state index >= 15 is 0 Å². The summed E-state index contributed by atoms with van der Waals surface area (Å²) >= 11 is 0. The number of primary amides is 1. The molecule has 3 heterocycles. The Morgan fingerprint density at radius 1 is 1.32 bits per heavy atom. The van der Waals surface area contributed by atoms with E-state index in [-0.39, 0.29) is 16.9 Å². The number of hydrogen-bond donors (Lipinski definition) is 3. The van der Waals surface area contributed by atoms with Gasteiger partial charge in [-0.25, -0.2) is 14.5 Å². The van der Waals surface area contributed by atoms with Gasteiger partial charge in [-0.15, -0.1) is 0 Å². The fraction of sp³-hybridized carbons (Fsp3) is 0.167. The smallest absolute Gasteiger partial charge is 0.270 e. The van der Waals surface area contributed by atoms with Crippen LogP contribution in [-0.2, 0) is 0 Å². The minimum Gasteiger partial charge on any atom is -0.497 e. The lowest BCUT2D eigenvalue weighted by atomic mass is 10.3. The first-order chi connectivity index (χ1) is 13.5. The highest BCUT2D eigenvalue weighted by Crippen LogP contribution is 2.21. The van der Waals surface area contributed by atoms with E-state index in [0.29, 0.717) is 11.6 Å². The van der Waals surface area contributed by atoms with Crippen molar-refractivity contribution in [2.24, 2.45) is 5.73 Å². The molecule has 0 saturated heterocycles. The number of nitrogens with one attached hydrogen (secondary N) is 2. The number of amides is 2. The molecule has 4 N–H and O–H groups in total. The second-order valence-corrected chi connectivity index (χ2v) is 6.19. The normalized spacial score (nSPS) is 12.2. The molecule has 4 aromatic rings. The summed E-state index contributed by atoms with van der Waals surface area (Å²) in [5.41, 5.74) is 7.48. The van der Waals surface area contributed by atoms with E-state index in [0.717, 1.165) is 11.0 Å². The summed E-state index contributed by atoms with van der Waals surface area (Å²) in [7, 11) is 1.59. The van der Waals surface area contributed by atoms with Crippen molar-refractivity contribution in [3.63, 3.8) is 0 Å². The number of carbonyl (C=O) groups excluding carboxylic acids is 2. The summed E-state index contributed by atoms with van der Waals surface area (Å²) in [6, 6.07) is 6.60. The minimum absolute atomic E-state index is 0.147. The lowest BCUT2D eigenvalue weighted by Crippen LogP contribution is -2.29.